The second kappa shape index (κ2) is 5.44. The fraction of sp³-hybridized carbons (Fsp3) is 0.647. The minimum Gasteiger partial charge on any atom is -0.444 e. The molecule has 5 nitrogen and oxygen atoms in total. The fourth-order valence-electron chi connectivity index (χ4n) is 3.76. The summed E-state index contributed by atoms with van der Waals surface area (Å²) in [5.74, 6) is -0.500. The van der Waals surface area contributed by atoms with E-state index >= 15 is 0 Å². The largest absolute Gasteiger partial charge is 0.444 e. The number of fused-ring (bicyclic) bond motifs is 2. The Balaban J connectivity index is 1.82. The zero-order chi connectivity index (χ0) is 16.8. The van der Waals surface area contributed by atoms with Gasteiger partial charge in [-0.15, -0.1) is 0 Å². The number of hydrogen-bond donors (Lipinski definition) is 1. The Morgan fingerprint density at radius 3 is 2.52 bits per heavy atom. The van der Waals surface area contributed by atoms with Crippen LogP contribution < -0.4 is 0 Å². The summed E-state index contributed by atoms with van der Waals surface area (Å²) in [6, 6.07) is 2.53. The van der Waals surface area contributed by atoms with Crippen LogP contribution in [-0.2, 0) is 10.3 Å². The predicted octanol–water partition coefficient (Wildman–Crippen LogP) is 2.97. The lowest BCUT2D eigenvalue weighted by Gasteiger charge is -2.43. The lowest BCUT2D eigenvalue weighted by Crippen LogP contribution is -2.53. The van der Waals surface area contributed by atoms with Gasteiger partial charge in [-0.2, -0.15) is 0 Å². The minimum absolute atomic E-state index is 0.0840. The van der Waals surface area contributed by atoms with Gasteiger partial charge in [-0.3, -0.25) is 4.98 Å². The molecule has 1 aromatic heterocycles. The summed E-state index contributed by atoms with van der Waals surface area (Å²) in [6.07, 6.45) is 3.29. The molecule has 2 aliphatic heterocycles. The zero-order valence-corrected chi connectivity index (χ0v) is 13.8. The number of hydrogen-bond acceptors (Lipinski definition) is 4. The van der Waals surface area contributed by atoms with Gasteiger partial charge in [-0.25, -0.2) is 9.18 Å². The average molecular weight is 322 g/mol. The van der Waals surface area contributed by atoms with Gasteiger partial charge in [0.15, 0.2) is 0 Å². The summed E-state index contributed by atoms with van der Waals surface area (Å²) in [7, 11) is 0. The van der Waals surface area contributed by atoms with Gasteiger partial charge in [0.2, 0.25) is 0 Å². The van der Waals surface area contributed by atoms with Crippen LogP contribution in [0.5, 0.6) is 0 Å². The van der Waals surface area contributed by atoms with E-state index in [9.17, 15) is 14.3 Å². The highest BCUT2D eigenvalue weighted by molar-refractivity contribution is 5.69. The van der Waals surface area contributed by atoms with Crippen molar-refractivity contribution >= 4 is 6.09 Å². The summed E-state index contributed by atoms with van der Waals surface area (Å²) >= 11 is 0. The van der Waals surface area contributed by atoms with Crippen LogP contribution in [0.3, 0.4) is 0 Å². The number of carbonyl (C=O) groups excluding carboxylic acids is 1. The maximum absolute atomic E-state index is 14.0. The topological polar surface area (TPSA) is 62.7 Å². The van der Waals surface area contributed by atoms with Gasteiger partial charge in [-0.05, 0) is 45.7 Å². The highest BCUT2D eigenvalue weighted by atomic mass is 19.1. The fourth-order valence-corrected chi connectivity index (χ4v) is 3.76. The van der Waals surface area contributed by atoms with Gasteiger partial charge in [0.25, 0.3) is 0 Å². The Hall–Kier alpha value is -1.69. The minimum atomic E-state index is -1.32. The second-order valence-electron chi connectivity index (χ2n) is 7.55. The van der Waals surface area contributed by atoms with Crippen LogP contribution in [-0.4, -0.2) is 38.8 Å². The molecule has 0 spiro atoms. The molecule has 0 aromatic carbocycles. The number of aromatic nitrogens is 1. The lowest BCUT2D eigenvalue weighted by molar-refractivity contribution is -0.0665. The van der Waals surface area contributed by atoms with E-state index in [1.54, 1.807) is 4.90 Å². The molecule has 1 N–H and O–H groups in total. The number of pyridine rings is 1. The third-order valence-electron chi connectivity index (χ3n) is 4.57. The number of nitrogens with zero attached hydrogens (tertiary/aromatic N) is 2. The monoisotopic (exact) mass is 322 g/mol. The molecule has 0 saturated carbocycles. The van der Waals surface area contributed by atoms with Crippen molar-refractivity contribution in [2.75, 3.05) is 0 Å². The molecule has 1 amide bonds. The first kappa shape index (κ1) is 16.2. The Bertz CT molecular complexity index is 600. The van der Waals surface area contributed by atoms with Crippen LogP contribution in [0.1, 0.15) is 52.1 Å². The third kappa shape index (κ3) is 3.04. The van der Waals surface area contributed by atoms with Gasteiger partial charge in [0.1, 0.15) is 22.7 Å². The number of aliphatic hydroxyl groups is 1. The summed E-state index contributed by atoms with van der Waals surface area (Å²) in [5, 5.41) is 11.0. The maximum Gasteiger partial charge on any atom is 0.410 e. The smallest absolute Gasteiger partial charge is 0.410 e. The molecule has 1 aromatic rings. The van der Waals surface area contributed by atoms with Crippen molar-refractivity contribution in [2.24, 2.45) is 0 Å². The number of halogens is 1. The molecule has 2 atom stereocenters. The van der Waals surface area contributed by atoms with Crippen LogP contribution in [0.25, 0.3) is 0 Å². The van der Waals surface area contributed by atoms with Crippen LogP contribution in [0, 0.1) is 5.82 Å². The van der Waals surface area contributed by atoms with Crippen molar-refractivity contribution in [3.8, 4) is 0 Å². The third-order valence-corrected chi connectivity index (χ3v) is 4.57. The molecule has 6 heteroatoms. The highest BCUT2D eigenvalue weighted by Gasteiger charge is 2.52. The first-order valence-electron chi connectivity index (χ1n) is 8.04. The number of piperidine rings is 1. The van der Waals surface area contributed by atoms with Gasteiger partial charge in [0.05, 0.1) is 0 Å². The van der Waals surface area contributed by atoms with E-state index in [0.717, 1.165) is 12.8 Å². The first-order chi connectivity index (χ1) is 10.7. The molecular weight excluding hydrogens is 299 g/mol. The number of carbonyl (C=O) groups is 1. The number of ether oxygens (including phenoxy) is 1. The van der Waals surface area contributed by atoms with Gasteiger partial charge in [0, 0.05) is 31.1 Å². The van der Waals surface area contributed by atoms with Crippen molar-refractivity contribution in [2.45, 2.75) is 69.7 Å². The van der Waals surface area contributed by atoms with Crippen molar-refractivity contribution < 1.29 is 19.0 Å². The summed E-state index contributed by atoms with van der Waals surface area (Å²) in [4.78, 5) is 18.2. The number of rotatable bonds is 1. The second-order valence-corrected chi connectivity index (χ2v) is 7.55. The highest BCUT2D eigenvalue weighted by Crippen LogP contribution is 2.46. The van der Waals surface area contributed by atoms with Crippen LogP contribution >= 0.6 is 0 Å². The molecule has 2 saturated heterocycles. The maximum atomic E-state index is 14.0. The molecule has 0 aliphatic carbocycles. The van der Waals surface area contributed by atoms with Crippen molar-refractivity contribution in [1.29, 1.82) is 0 Å². The molecule has 3 heterocycles. The van der Waals surface area contributed by atoms with Gasteiger partial charge < -0.3 is 14.7 Å². The Kier molecular flexibility index (Phi) is 3.83. The zero-order valence-electron chi connectivity index (χ0n) is 13.8. The molecular formula is C17H23FN2O3. The molecule has 0 radical (unpaired) electrons. The lowest BCUT2D eigenvalue weighted by atomic mass is 9.83. The van der Waals surface area contributed by atoms with Crippen molar-refractivity contribution in [3.05, 3.63) is 29.8 Å². The van der Waals surface area contributed by atoms with E-state index in [-0.39, 0.29) is 36.7 Å². The summed E-state index contributed by atoms with van der Waals surface area (Å²) in [5.41, 5.74) is -1.80. The quantitative estimate of drug-likeness (QED) is 0.863. The van der Waals surface area contributed by atoms with Gasteiger partial charge in [-0.1, -0.05) is 0 Å². The Morgan fingerprint density at radius 1 is 1.39 bits per heavy atom. The van der Waals surface area contributed by atoms with E-state index in [1.165, 1.54) is 18.3 Å². The van der Waals surface area contributed by atoms with E-state index in [4.69, 9.17) is 4.74 Å². The summed E-state index contributed by atoms with van der Waals surface area (Å²) < 4.78 is 19.5. The number of amides is 1. The molecule has 23 heavy (non-hydrogen) atoms. The van der Waals surface area contributed by atoms with E-state index in [0.29, 0.717) is 0 Å². The SMILES string of the molecule is CC(C)(C)OC(=O)N1C2CCC1CC(O)(c1ncccc1F)C2. The van der Waals surface area contributed by atoms with Gasteiger partial charge >= 0.3 is 6.09 Å². The molecule has 3 rings (SSSR count). The van der Waals surface area contributed by atoms with Crippen LogP contribution in [0.15, 0.2) is 18.3 Å². The molecule has 126 valence electrons. The summed E-state index contributed by atoms with van der Waals surface area (Å²) in [6.45, 7) is 5.49. The Morgan fingerprint density at radius 2 is 2.00 bits per heavy atom. The van der Waals surface area contributed by atoms with Crippen molar-refractivity contribution in [1.82, 2.24) is 9.88 Å². The van der Waals surface area contributed by atoms with E-state index in [2.05, 4.69) is 4.98 Å². The molecule has 2 fully saturated rings. The standard InChI is InChI=1S/C17H23FN2O3/c1-16(2,3)23-15(21)20-11-6-7-12(20)10-17(22,9-11)14-13(18)5-4-8-19-14/h4-5,8,11-12,22H,6-7,9-10H2,1-3H3. The van der Waals surface area contributed by atoms with Crippen LogP contribution in [0.2, 0.25) is 0 Å². The molecule has 2 bridgehead atoms. The Labute approximate surface area is 135 Å². The average Bonchev–Trinajstić information content (AvgIpc) is 2.70. The van der Waals surface area contributed by atoms with E-state index in [1.807, 2.05) is 20.8 Å². The first-order valence-corrected chi connectivity index (χ1v) is 8.04. The van der Waals surface area contributed by atoms with Crippen molar-refractivity contribution in [3.63, 3.8) is 0 Å². The van der Waals surface area contributed by atoms with Crippen LogP contribution in [0.4, 0.5) is 9.18 Å². The molecule has 2 unspecified atom stereocenters. The normalized spacial score (nSPS) is 30.4. The molecule has 2 aliphatic rings. The van der Waals surface area contributed by atoms with E-state index < -0.39 is 17.0 Å². The predicted molar refractivity (Wildman–Crippen MR) is 82.2 cm³/mol.